The zero-order valence-corrected chi connectivity index (χ0v) is 12.5. The minimum absolute atomic E-state index is 0.529. The molecule has 5 nitrogen and oxygen atoms in total. The van der Waals surface area contributed by atoms with E-state index >= 15 is 0 Å². The maximum absolute atomic E-state index is 10.1. The van der Waals surface area contributed by atoms with Crippen molar-refractivity contribution in [3.63, 3.8) is 0 Å². The second kappa shape index (κ2) is 4.43. The van der Waals surface area contributed by atoms with Gasteiger partial charge >= 0.3 is 0 Å². The summed E-state index contributed by atoms with van der Waals surface area (Å²) in [5.41, 5.74) is 7.27. The van der Waals surface area contributed by atoms with Gasteiger partial charge in [0.15, 0.2) is 0 Å². The summed E-state index contributed by atoms with van der Waals surface area (Å²) in [6.45, 7) is 5.28. The van der Waals surface area contributed by atoms with Crippen LogP contribution in [0.2, 0.25) is 0 Å². The van der Waals surface area contributed by atoms with Gasteiger partial charge in [0.1, 0.15) is 15.8 Å². The lowest BCUT2D eigenvalue weighted by Crippen LogP contribution is -2.29. The Hall–Kier alpha value is -1.18. The number of hydrogen-bond acceptors (Lipinski definition) is 7. The van der Waals surface area contributed by atoms with Crippen LogP contribution in [0.3, 0.4) is 0 Å². The average molecular weight is 296 g/mol. The van der Waals surface area contributed by atoms with Gasteiger partial charge in [0, 0.05) is 24.2 Å². The van der Waals surface area contributed by atoms with Crippen LogP contribution < -0.4 is 10.6 Å². The number of thiazole rings is 1. The van der Waals surface area contributed by atoms with E-state index in [0.717, 1.165) is 34.2 Å². The lowest BCUT2D eigenvalue weighted by atomic mass is 10.1. The van der Waals surface area contributed by atoms with Gasteiger partial charge in [-0.25, -0.2) is 4.98 Å². The first kappa shape index (κ1) is 12.8. The van der Waals surface area contributed by atoms with Crippen LogP contribution in [0.25, 0.3) is 10.6 Å². The van der Waals surface area contributed by atoms with Crippen molar-refractivity contribution >= 4 is 33.7 Å². The summed E-state index contributed by atoms with van der Waals surface area (Å²) in [5, 5.41) is 14.0. The predicted octanol–water partition coefficient (Wildman–Crippen LogP) is 2.12. The molecule has 3 heterocycles. The van der Waals surface area contributed by atoms with Crippen molar-refractivity contribution in [1.29, 1.82) is 0 Å². The second-order valence-corrected chi connectivity index (χ2v) is 6.82. The zero-order chi connectivity index (χ0) is 13.6. The predicted molar refractivity (Wildman–Crippen MR) is 79.8 cm³/mol. The maximum Gasteiger partial charge on any atom is 0.149 e. The molecule has 0 aliphatic carbocycles. The number of nitrogens with two attached hydrogens (primary N) is 1. The van der Waals surface area contributed by atoms with Crippen LogP contribution in [0.1, 0.15) is 19.0 Å². The first-order valence-electron chi connectivity index (χ1n) is 6.11. The number of β-amino-alcohol motifs (C(OH)–C–C–N with tert-alkyl or cyclic N) is 1. The molecule has 3 N–H and O–H groups in total. The second-order valence-electron chi connectivity index (χ2n) is 5.21. The van der Waals surface area contributed by atoms with Crippen molar-refractivity contribution in [3.05, 3.63) is 11.1 Å². The number of nitrogens with zero attached hydrogens (tertiary/aromatic N) is 3. The van der Waals surface area contributed by atoms with Crippen LogP contribution in [0.15, 0.2) is 5.38 Å². The van der Waals surface area contributed by atoms with Gasteiger partial charge in [0.2, 0.25) is 0 Å². The van der Waals surface area contributed by atoms with Gasteiger partial charge in [0.25, 0.3) is 0 Å². The number of aromatic nitrogens is 2. The van der Waals surface area contributed by atoms with E-state index in [9.17, 15) is 5.11 Å². The van der Waals surface area contributed by atoms with Crippen molar-refractivity contribution in [1.82, 2.24) is 9.36 Å². The standard InChI is InChI=1S/C12H16N4OS2/c1-7-5-18-10(14-7)8-9(13)15-19-11(8)16-4-3-12(2,17)6-16/h5,17H,3-4,6H2,1-2H3,(H2,13,15). The number of rotatable bonds is 2. The average Bonchev–Trinajstić information content (AvgIpc) is 2.98. The van der Waals surface area contributed by atoms with Crippen molar-refractivity contribution in [3.8, 4) is 10.6 Å². The summed E-state index contributed by atoms with van der Waals surface area (Å²) >= 11 is 2.97. The fraction of sp³-hybridized carbons (Fsp3) is 0.500. The molecule has 102 valence electrons. The third kappa shape index (κ3) is 2.33. The van der Waals surface area contributed by atoms with Gasteiger partial charge in [-0.15, -0.1) is 11.3 Å². The largest absolute Gasteiger partial charge is 0.388 e. The van der Waals surface area contributed by atoms with Crippen LogP contribution >= 0.6 is 22.9 Å². The van der Waals surface area contributed by atoms with Gasteiger partial charge in [-0.3, -0.25) is 0 Å². The van der Waals surface area contributed by atoms with Crippen molar-refractivity contribution in [2.45, 2.75) is 25.9 Å². The van der Waals surface area contributed by atoms with Crippen LogP contribution in [-0.2, 0) is 0 Å². The Morgan fingerprint density at radius 3 is 2.89 bits per heavy atom. The molecule has 1 saturated heterocycles. The molecule has 2 aromatic heterocycles. The highest BCUT2D eigenvalue weighted by Crippen LogP contribution is 2.42. The Balaban J connectivity index is 2.00. The SMILES string of the molecule is Cc1csc(-c2c(N)nsc2N2CCC(C)(O)C2)n1. The van der Waals surface area contributed by atoms with E-state index in [4.69, 9.17) is 5.73 Å². The summed E-state index contributed by atoms with van der Waals surface area (Å²) in [5.74, 6) is 0.529. The van der Waals surface area contributed by atoms with Crippen molar-refractivity contribution in [2.75, 3.05) is 23.7 Å². The van der Waals surface area contributed by atoms with Crippen molar-refractivity contribution in [2.24, 2.45) is 0 Å². The third-order valence-electron chi connectivity index (χ3n) is 3.27. The van der Waals surface area contributed by atoms with E-state index in [1.54, 1.807) is 11.3 Å². The highest BCUT2D eigenvalue weighted by molar-refractivity contribution is 7.15. The Morgan fingerprint density at radius 1 is 1.53 bits per heavy atom. The number of anilines is 2. The fourth-order valence-corrected chi connectivity index (χ4v) is 4.05. The monoisotopic (exact) mass is 296 g/mol. The first-order valence-corrected chi connectivity index (χ1v) is 7.76. The number of hydrogen-bond donors (Lipinski definition) is 2. The molecule has 19 heavy (non-hydrogen) atoms. The first-order chi connectivity index (χ1) is 8.96. The number of nitrogen functional groups attached to an aromatic ring is 1. The highest BCUT2D eigenvalue weighted by atomic mass is 32.1. The molecule has 2 aromatic rings. The van der Waals surface area contributed by atoms with Gasteiger partial charge < -0.3 is 15.7 Å². The molecular weight excluding hydrogens is 280 g/mol. The maximum atomic E-state index is 10.1. The summed E-state index contributed by atoms with van der Waals surface area (Å²) in [6.07, 6.45) is 0.765. The Kier molecular flexibility index (Phi) is 2.99. The third-order valence-corrected chi connectivity index (χ3v) is 5.17. The topological polar surface area (TPSA) is 75.3 Å². The molecule has 1 aliphatic heterocycles. The summed E-state index contributed by atoms with van der Waals surface area (Å²) < 4.78 is 4.26. The van der Waals surface area contributed by atoms with Crippen LogP contribution in [0.5, 0.6) is 0 Å². The lowest BCUT2D eigenvalue weighted by molar-refractivity contribution is 0.0840. The van der Waals surface area contributed by atoms with Gasteiger partial charge in [-0.2, -0.15) is 4.37 Å². The van der Waals surface area contributed by atoms with Crippen molar-refractivity contribution < 1.29 is 5.11 Å². The number of aliphatic hydroxyl groups is 1. The molecule has 3 rings (SSSR count). The highest BCUT2D eigenvalue weighted by Gasteiger charge is 2.34. The van der Waals surface area contributed by atoms with E-state index in [2.05, 4.69) is 14.3 Å². The molecule has 0 bridgehead atoms. The molecule has 1 fully saturated rings. The minimum atomic E-state index is -0.630. The molecule has 1 unspecified atom stereocenters. The molecule has 0 saturated carbocycles. The number of aryl methyl sites for hydroxylation is 1. The summed E-state index contributed by atoms with van der Waals surface area (Å²) in [7, 11) is 0. The van der Waals surface area contributed by atoms with Gasteiger partial charge in [0.05, 0.1) is 11.2 Å². The van der Waals surface area contributed by atoms with E-state index < -0.39 is 5.60 Å². The lowest BCUT2D eigenvalue weighted by Gasteiger charge is -2.19. The van der Waals surface area contributed by atoms with E-state index in [0.29, 0.717) is 12.4 Å². The quantitative estimate of drug-likeness (QED) is 0.888. The van der Waals surface area contributed by atoms with E-state index in [-0.39, 0.29) is 0 Å². The van der Waals surface area contributed by atoms with Gasteiger partial charge in [-0.1, -0.05) is 0 Å². The molecule has 0 aromatic carbocycles. The van der Waals surface area contributed by atoms with E-state index in [1.807, 2.05) is 19.2 Å². The molecule has 0 spiro atoms. The molecule has 1 aliphatic rings. The van der Waals surface area contributed by atoms with Crippen LogP contribution in [-0.4, -0.2) is 33.2 Å². The summed E-state index contributed by atoms with van der Waals surface area (Å²) in [6, 6.07) is 0. The Bertz CT molecular complexity index is 605. The smallest absolute Gasteiger partial charge is 0.149 e. The Labute approximate surface area is 119 Å². The molecular formula is C12H16N4OS2. The van der Waals surface area contributed by atoms with Crippen LogP contribution in [0.4, 0.5) is 10.8 Å². The van der Waals surface area contributed by atoms with Gasteiger partial charge in [-0.05, 0) is 31.8 Å². The van der Waals surface area contributed by atoms with Crippen LogP contribution in [0, 0.1) is 6.92 Å². The normalized spacial score (nSPS) is 23.2. The minimum Gasteiger partial charge on any atom is -0.388 e. The fourth-order valence-electron chi connectivity index (χ4n) is 2.30. The molecule has 7 heteroatoms. The molecule has 0 amide bonds. The van der Waals surface area contributed by atoms with E-state index in [1.165, 1.54) is 11.5 Å². The molecule has 1 atom stereocenters. The molecule has 0 radical (unpaired) electrons. The Morgan fingerprint density at radius 2 is 2.32 bits per heavy atom. The summed E-state index contributed by atoms with van der Waals surface area (Å²) in [4.78, 5) is 6.65. The zero-order valence-electron chi connectivity index (χ0n) is 10.9.